The van der Waals surface area contributed by atoms with Crippen LogP contribution in [0.2, 0.25) is 0 Å². The number of carbonyl (C=O) groups is 1. The van der Waals surface area contributed by atoms with Gasteiger partial charge in [-0.1, -0.05) is 18.2 Å². The lowest BCUT2D eigenvalue weighted by Gasteiger charge is -2.05. The molecular weight excluding hydrogens is 408 g/mol. The van der Waals surface area contributed by atoms with Crippen LogP contribution >= 0.6 is 11.3 Å². The van der Waals surface area contributed by atoms with E-state index >= 15 is 0 Å². The van der Waals surface area contributed by atoms with Crippen LogP contribution in [0.15, 0.2) is 72.9 Å². The summed E-state index contributed by atoms with van der Waals surface area (Å²) in [4.78, 5) is 23.2. The molecule has 1 amide bonds. The molecule has 0 aliphatic rings. The highest BCUT2D eigenvalue weighted by molar-refractivity contribution is 7.21. The number of ether oxygens (including phenoxy) is 1. The summed E-state index contributed by atoms with van der Waals surface area (Å²) in [5, 5.41) is 4.62. The highest BCUT2D eigenvalue weighted by atomic mass is 32.1. The van der Waals surface area contributed by atoms with Gasteiger partial charge in [0.25, 0.3) is 5.91 Å². The molecule has 5 rings (SSSR count). The summed E-state index contributed by atoms with van der Waals surface area (Å²) in [6.07, 6.45) is 1.64. The fraction of sp³-hybridized carbons (Fsp3) is 0.0417. The normalized spacial score (nSPS) is 11.0. The Morgan fingerprint density at radius 2 is 1.87 bits per heavy atom. The number of methoxy groups -OCH3 is 1. The van der Waals surface area contributed by atoms with E-state index in [9.17, 15) is 4.79 Å². The first-order valence-corrected chi connectivity index (χ1v) is 10.4. The highest BCUT2D eigenvalue weighted by Gasteiger charge is 2.18. The SMILES string of the molecule is COc1ccc(-c2ccc3c(N)c(C(=O)Nc4cnc5ccccc5c4)sc3n2)cc1. The van der Waals surface area contributed by atoms with E-state index in [0.29, 0.717) is 21.1 Å². The van der Waals surface area contributed by atoms with Crippen molar-refractivity contribution in [1.82, 2.24) is 9.97 Å². The lowest BCUT2D eigenvalue weighted by molar-refractivity contribution is 0.103. The zero-order valence-electron chi connectivity index (χ0n) is 16.6. The maximum atomic E-state index is 12.9. The Morgan fingerprint density at radius 3 is 2.68 bits per heavy atom. The van der Waals surface area contributed by atoms with Crippen LogP contribution in [0, 0.1) is 0 Å². The molecule has 0 atom stereocenters. The number of aromatic nitrogens is 2. The Morgan fingerprint density at radius 1 is 1.06 bits per heavy atom. The molecule has 3 N–H and O–H groups in total. The third-order valence-electron chi connectivity index (χ3n) is 5.03. The minimum atomic E-state index is -0.274. The molecule has 31 heavy (non-hydrogen) atoms. The minimum Gasteiger partial charge on any atom is -0.497 e. The number of nitrogens with two attached hydrogens (primary N) is 1. The van der Waals surface area contributed by atoms with Crippen LogP contribution in [-0.2, 0) is 0 Å². The van der Waals surface area contributed by atoms with E-state index in [1.54, 1.807) is 13.3 Å². The van der Waals surface area contributed by atoms with Gasteiger partial charge in [-0.05, 0) is 48.5 Å². The average Bonchev–Trinajstić information content (AvgIpc) is 3.15. The zero-order chi connectivity index (χ0) is 21.4. The molecule has 3 aromatic heterocycles. The number of fused-ring (bicyclic) bond motifs is 2. The first-order chi connectivity index (χ1) is 15.1. The van der Waals surface area contributed by atoms with E-state index in [1.165, 1.54) is 11.3 Å². The molecule has 2 aromatic carbocycles. The molecule has 0 saturated carbocycles. The number of nitrogen functional groups attached to an aromatic ring is 1. The van der Waals surface area contributed by atoms with Gasteiger partial charge in [0, 0.05) is 16.3 Å². The predicted octanol–water partition coefficient (Wildman–Crippen LogP) is 5.35. The third-order valence-corrected chi connectivity index (χ3v) is 6.15. The van der Waals surface area contributed by atoms with Crippen molar-refractivity contribution in [3.05, 3.63) is 77.8 Å². The zero-order valence-corrected chi connectivity index (χ0v) is 17.4. The summed E-state index contributed by atoms with van der Waals surface area (Å²) in [6.45, 7) is 0. The number of nitrogens with zero attached hydrogens (tertiary/aromatic N) is 2. The van der Waals surface area contributed by atoms with Crippen molar-refractivity contribution < 1.29 is 9.53 Å². The molecule has 0 saturated heterocycles. The molecule has 0 fully saturated rings. The number of nitrogens with one attached hydrogen (secondary N) is 1. The fourth-order valence-electron chi connectivity index (χ4n) is 3.42. The maximum Gasteiger partial charge on any atom is 0.267 e. The van der Waals surface area contributed by atoms with Crippen molar-refractivity contribution >= 4 is 49.7 Å². The maximum absolute atomic E-state index is 12.9. The van der Waals surface area contributed by atoms with Crippen molar-refractivity contribution in [2.24, 2.45) is 0 Å². The molecule has 5 aromatic rings. The van der Waals surface area contributed by atoms with Crippen molar-refractivity contribution in [3.63, 3.8) is 0 Å². The van der Waals surface area contributed by atoms with Gasteiger partial charge in [-0.15, -0.1) is 11.3 Å². The number of thiophene rings is 1. The van der Waals surface area contributed by atoms with Crippen LogP contribution in [0.25, 0.3) is 32.4 Å². The molecule has 0 aliphatic carbocycles. The van der Waals surface area contributed by atoms with Gasteiger partial charge in [0.1, 0.15) is 15.5 Å². The highest BCUT2D eigenvalue weighted by Crippen LogP contribution is 2.35. The summed E-state index contributed by atoms with van der Waals surface area (Å²) in [5.74, 6) is 0.510. The lowest BCUT2D eigenvalue weighted by atomic mass is 10.1. The first-order valence-electron chi connectivity index (χ1n) is 9.62. The first kappa shape index (κ1) is 19.0. The Labute approximate surface area is 182 Å². The second-order valence-electron chi connectivity index (χ2n) is 6.99. The second-order valence-corrected chi connectivity index (χ2v) is 7.99. The Hall–Kier alpha value is -3.97. The summed E-state index contributed by atoms with van der Waals surface area (Å²) in [7, 11) is 1.63. The molecule has 7 heteroatoms. The van der Waals surface area contributed by atoms with Crippen molar-refractivity contribution in [3.8, 4) is 17.0 Å². The van der Waals surface area contributed by atoms with Crippen molar-refractivity contribution in [2.45, 2.75) is 0 Å². The van der Waals surface area contributed by atoms with Gasteiger partial charge >= 0.3 is 0 Å². The van der Waals surface area contributed by atoms with E-state index < -0.39 is 0 Å². The molecule has 0 spiro atoms. The number of hydrogen-bond donors (Lipinski definition) is 2. The predicted molar refractivity (Wildman–Crippen MR) is 126 cm³/mol. The summed E-state index contributed by atoms with van der Waals surface area (Å²) in [5.41, 5.74) is 9.98. The number of pyridine rings is 2. The van der Waals surface area contributed by atoms with Gasteiger partial charge in [0.05, 0.1) is 35.9 Å². The number of benzene rings is 2. The van der Waals surface area contributed by atoms with E-state index in [-0.39, 0.29) is 5.91 Å². The number of anilines is 2. The van der Waals surface area contributed by atoms with Crippen molar-refractivity contribution in [2.75, 3.05) is 18.2 Å². The molecule has 3 heterocycles. The van der Waals surface area contributed by atoms with Crippen molar-refractivity contribution in [1.29, 1.82) is 0 Å². The number of hydrogen-bond acceptors (Lipinski definition) is 6. The largest absolute Gasteiger partial charge is 0.497 e. The molecule has 152 valence electrons. The van der Waals surface area contributed by atoms with Crippen LogP contribution in [0.3, 0.4) is 0 Å². The number of rotatable bonds is 4. The fourth-order valence-corrected chi connectivity index (χ4v) is 4.40. The van der Waals surface area contributed by atoms with E-state index in [4.69, 9.17) is 15.5 Å². The number of amides is 1. The average molecular weight is 427 g/mol. The van der Waals surface area contributed by atoms with Gasteiger partial charge in [0.2, 0.25) is 0 Å². The second kappa shape index (κ2) is 7.70. The minimum absolute atomic E-state index is 0.274. The molecule has 6 nitrogen and oxygen atoms in total. The third kappa shape index (κ3) is 3.55. The van der Waals surface area contributed by atoms with Gasteiger partial charge in [0.15, 0.2) is 0 Å². The van der Waals surface area contributed by atoms with E-state index in [1.807, 2.05) is 66.7 Å². The quantitative estimate of drug-likeness (QED) is 0.404. The molecule has 0 radical (unpaired) electrons. The van der Waals surface area contributed by atoms with Gasteiger partial charge in [-0.25, -0.2) is 4.98 Å². The smallest absolute Gasteiger partial charge is 0.267 e. The molecule has 0 bridgehead atoms. The van der Waals surface area contributed by atoms with Crippen LogP contribution in [0.5, 0.6) is 5.75 Å². The summed E-state index contributed by atoms with van der Waals surface area (Å²) < 4.78 is 5.21. The van der Waals surface area contributed by atoms with Crippen LogP contribution < -0.4 is 15.8 Å². The molecule has 0 unspecified atom stereocenters. The lowest BCUT2D eigenvalue weighted by Crippen LogP contribution is -2.12. The van der Waals surface area contributed by atoms with Gasteiger partial charge in [-0.2, -0.15) is 0 Å². The number of para-hydroxylation sites is 1. The van der Waals surface area contributed by atoms with Crippen LogP contribution in [0.1, 0.15) is 9.67 Å². The molecular formula is C24H18N4O2S. The van der Waals surface area contributed by atoms with Gasteiger partial charge in [-0.3, -0.25) is 9.78 Å². The van der Waals surface area contributed by atoms with Crippen LogP contribution in [0.4, 0.5) is 11.4 Å². The Bertz CT molecular complexity index is 1430. The summed E-state index contributed by atoms with van der Waals surface area (Å²) in [6, 6.07) is 21.1. The Balaban J connectivity index is 1.45. The number of carbonyl (C=O) groups excluding carboxylic acids is 1. The monoisotopic (exact) mass is 426 g/mol. The van der Waals surface area contributed by atoms with Crippen LogP contribution in [-0.4, -0.2) is 23.0 Å². The summed E-state index contributed by atoms with van der Waals surface area (Å²) >= 11 is 1.28. The van der Waals surface area contributed by atoms with E-state index in [0.717, 1.165) is 33.3 Å². The van der Waals surface area contributed by atoms with E-state index in [2.05, 4.69) is 10.3 Å². The standard InChI is InChI=1S/C24H18N4O2S/c1-30-17-8-6-14(7-9-17)20-11-10-18-21(25)22(31-24(18)28-20)23(29)27-16-12-15-4-2-3-5-19(15)26-13-16/h2-13H,25H2,1H3,(H,27,29). The topological polar surface area (TPSA) is 90.1 Å². The molecule has 0 aliphatic heterocycles. The van der Waals surface area contributed by atoms with Gasteiger partial charge < -0.3 is 15.8 Å². The Kier molecular flexibility index (Phi) is 4.72.